The maximum atomic E-state index is 13.5. The lowest BCUT2D eigenvalue weighted by Crippen LogP contribution is -2.54. The Bertz CT molecular complexity index is 1200. The topological polar surface area (TPSA) is 71.8 Å². The number of amides is 2. The second-order valence-electron chi connectivity index (χ2n) is 9.32. The number of morpholine rings is 1. The van der Waals surface area contributed by atoms with E-state index >= 15 is 0 Å². The summed E-state index contributed by atoms with van der Waals surface area (Å²) in [5, 5.41) is 2.84. The summed E-state index contributed by atoms with van der Waals surface area (Å²) in [6, 6.07) is 19.2. The molecule has 2 aliphatic rings. The van der Waals surface area contributed by atoms with Crippen LogP contribution in [0.2, 0.25) is 0 Å². The SMILES string of the molecule is Cc1ccc(CN2C(=O)/C(=C\c3ccc(C(=O)NCc4ccco4)cc3)OC3CCCCC32)cc1. The quantitative estimate of drug-likeness (QED) is 0.501. The smallest absolute Gasteiger partial charge is 0.289 e. The molecule has 0 spiro atoms. The minimum absolute atomic E-state index is 0.0183. The average Bonchev–Trinajstić information content (AvgIpc) is 3.40. The molecule has 2 amide bonds. The van der Waals surface area contributed by atoms with Crippen LogP contribution in [0, 0.1) is 6.92 Å². The molecule has 1 aromatic heterocycles. The van der Waals surface area contributed by atoms with Crippen LogP contribution >= 0.6 is 0 Å². The van der Waals surface area contributed by atoms with E-state index in [1.165, 1.54) is 5.56 Å². The number of carbonyl (C=O) groups is 2. The first-order chi connectivity index (χ1) is 17.1. The maximum absolute atomic E-state index is 13.5. The molecule has 1 saturated heterocycles. The van der Waals surface area contributed by atoms with Crippen molar-refractivity contribution < 1.29 is 18.7 Å². The summed E-state index contributed by atoms with van der Waals surface area (Å²) in [5.41, 5.74) is 3.69. The lowest BCUT2D eigenvalue weighted by atomic mass is 9.89. The third kappa shape index (κ3) is 5.32. The van der Waals surface area contributed by atoms with Gasteiger partial charge in [-0.05, 0) is 67.7 Å². The van der Waals surface area contributed by atoms with Crippen LogP contribution in [0.3, 0.4) is 0 Å². The van der Waals surface area contributed by atoms with Gasteiger partial charge in [0, 0.05) is 12.1 Å². The fourth-order valence-corrected chi connectivity index (χ4v) is 4.82. The van der Waals surface area contributed by atoms with Crippen molar-refractivity contribution in [3.8, 4) is 0 Å². The maximum Gasteiger partial charge on any atom is 0.289 e. The van der Waals surface area contributed by atoms with E-state index < -0.39 is 0 Å². The van der Waals surface area contributed by atoms with Crippen LogP contribution in [0.5, 0.6) is 0 Å². The van der Waals surface area contributed by atoms with Gasteiger partial charge in [-0.15, -0.1) is 0 Å². The highest BCUT2D eigenvalue weighted by Crippen LogP contribution is 2.34. The van der Waals surface area contributed by atoms with Crippen molar-refractivity contribution in [1.29, 1.82) is 0 Å². The highest BCUT2D eigenvalue weighted by molar-refractivity contribution is 5.97. The van der Waals surface area contributed by atoms with Gasteiger partial charge in [0.25, 0.3) is 11.8 Å². The summed E-state index contributed by atoms with van der Waals surface area (Å²) >= 11 is 0. The summed E-state index contributed by atoms with van der Waals surface area (Å²) in [5.74, 6) is 0.813. The molecule has 2 aromatic carbocycles. The Morgan fingerprint density at radius 1 is 1.06 bits per heavy atom. The molecule has 3 aromatic rings. The molecule has 35 heavy (non-hydrogen) atoms. The number of hydrogen-bond acceptors (Lipinski definition) is 4. The molecule has 6 heteroatoms. The van der Waals surface area contributed by atoms with Crippen molar-refractivity contribution in [3.05, 3.63) is 101 Å². The first-order valence-electron chi connectivity index (χ1n) is 12.2. The zero-order valence-electron chi connectivity index (χ0n) is 19.9. The van der Waals surface area contributed by atoms with E-state index in [2.05, 4.69) is 36.5 Å². The Morgan fingerprint density at radius 3 is 2.57 bits per heavy atom. The highest BCUT2D eigenvalue weighted by Gasteiger charge is 2.41. The summed E-state index contributed by atoms with van der Waals surface area (Å²) in [7, 11) is 0. The van der Waals surface area contributed by atoms with Crippen LogP contribution in [0.15, 0.2) is 77.1 Å². The molecule has 0 radical (unpaired) electrons. The number of furan rings is 1. The molecule has 1 aliphatic heterocycles. The molecule has 180 valence electrons. The van der Waals surface area contributed by atoms with Crippen LogP contribution in [-0.4, -0.2) is 28.9 Å². The standard InChI is InChI=1S/C29H30N2O4/c1-20-8-10-22(11-9-20)19-31-25-6-2-3-7-26(25)35-27(29(31)33)17-21-12-14-23(15-13-21)28(32)30-18-24-5-4-16-34-24/h4-5,8-17,25-26H,2-3,6-7,18-19H2,1H3,(H,30,32)/b27-17+. The van der Waals surface area contributed by atoms with Crippen LogP contribution < -0.4 is 5.32 Å². The van der Waals surface area contributed by atoms with Gasteiger partial charge in [-0.25, -0.2) is 0 Å². The molecule has 1 N–H and O–H groups in total. The Hall–Kier alpha value is -3.80. The Labute approximate surface area is 205 Å². The second-order valence-corrected chi connectivity index (χ2v) is 9.32. The molecule has 2 atom stereocenters. The highest BCUT2D eigenvalue weighted by atomic mass is 16.5. The molecular formula is C29H30N2O4. The van der Waals surface area contributed by atoms with Crippen LogP contribution in [0.4, 0.5) is 0 Å². The van der Waals surface area contributed by atoms with Crippen molar-refractivity contribution in [2.75, 3.05) is 0 Å². The Balaban J connectivity index is 1.31. The zero-order chi connectivity index (χ0) is 24.2. The number of rotatable bonds is 6. The minimum atomic E-state index is -0.181. The zero-order valence-corrected chi connectivity index (χ0v) is 19.9. The monoisotopic (exact) mass is 470 g/mol. The first-order valence-corrected chi connectivity index (χ1v) is 12.2. The largest absolute Gasteiger partial charge is 0.482 e. The summed E-state index contributed by atoms with van der Waals surface area (Å²) in [6.07, 6.45) is 7.54. The van der Waals surface area contributed by atoms with Gasteiger partial charge in [0.05, 0.1) is 18.8 Å². The number of fused-ring (bicyclic) bond motifs is 1. The molecule has 0 bridgehead atoms. The van der Waals surface area contributed by atoms with E-state index in [0.29, 0.717) is 30.2 Å². The van der Waals surface area contributed by atoms with Crippen molar-refractivity contribution in [3.63, 3.8) is 0 Å². The molecule has 2 heterocycles. The van der Waals surface area contributed by atoms with Gasteiger partial charge in [-0.2, -0.15) is 0 Å². The first kappa shape index (κ1) is 23.0. The molecular weight excluding hydrogens is 440 g/mol. The number of ether oxygens (including phenoxy) is 1. The lowest BCUT2D eigenvalue weighted by Gasteiger charge is -2.44. The van der Waals surface area contributed by atoms with E-state index in [4.69, 9.17) is 9.15 Å². The number of hydrogen-bond donors (Lipinski definition) is 1. The van der Waals surface area contributed by atoms with Crippen molar-refractivity contribution in [1.82, 2.24) is 10.2 Å². The second kappa shape index (κ2) is 10.2. The number of nitrogens with zero attached hydrogens (tertiary/aromatic N) is 1. The fourth-order valence-electron chi connectivity index (χ4n) is 4.82. The van der Waals surface area contributed by atoms with Crippen molar-refractivity contribution >= 4 is 17.9 Å². The van der Waals surface area contributed by atoms with E-state index in [-0.39, 0.29) is 24.0 Å². The van der Waals surface area contributed by atoms with Gasteiger partial charge < -0.3 is 19.4 Å². The molecule has 2 fully saturated rings. The van der Waals surface area contributed by atoms with E-state index in [1.807, 2.05) is 23.1 Å². The van der Waals surface area contributed by atoms with Gasteiger partial charge in [-0.1, -0.05) is 48.4 Å². The Morgan fingerprint density at radius 2 is 1.83 bits per heavy atom. The van der Waals surface area contributed by atoms with Gasteiger partial charge >= 0.3 is 0 Å². The molecule has 1 aliphatic carbocycles. The number of aryl methyl sites for hydroxylation is 1. The van der Waals surface area contributed by atoms with E-state index in [1.54, 1.807) is 30.5 Å². The number of nitrogens with one attached hydrogen (secondary N) is 1. The summed E-state index contributed by atoms with van der Waals surface area (Å²) < 4.78 is 11.5. The third-order valence-electron chi connectivity index (χ3n) is 6.77. The molecule has 5 rings (SSSR count). The predicted molar refractivity (Wildman–Crippen MR) is 133 cm³/mol. The van der Waals surface area contributed by atoms with Crippen molar-refractivity contribution in [2.24, 2.45) is 0 Å². The summed E-state index contributed by atoms with van der Waals surface area (Å²) in [6.45, 7) is 2.98. The van der Waals surface area contributed by atoms with Crippen LogP contribution in [0.1, 0.15) is 58.5 Å². The third-order valence-corrected chi connectivity index (χ3v) is 6.77. The van der Waals surface area contributed by atoms with Crippen LogP contribution in [0.25, 0.3) is 6.08 Å². The average molecular weight is 471 g/mol. The lowest BCUT2D eigenvalue weighted by molar-refractivity contribution is -0.149. The normalized spacial score (nSPS) is 20.9. The van der Waals surface area contributed by atoms with E-state index in [0.717, 1.165) is 36.8 Å². The minimum Gasteiger partial charge on any atom is -0.482 e. The van der Waals surface area contributed by atoms with Crippen LogP contribution in [-0.2, 0) is 22.6 Å². The van der Waals surface area contributed by atoms with Gasteiger partial charge in [-0.3, -0.25) is 9.59 Å². The number of carbonyl (C=O) groups excluding carboxylic acids is 2. The van der Waals surface area contributed by atoms with E-state index in [9.17, 15) is 9.59 Å². The molecule has 2 unspecified atom stereocenters. The van der Waals surface area contributed by atoms with Gasteiger partial charge in [0.2, 0.25) is 0 Å². The summed E-state index contributed by atoms with van der Waals surface area (Å²) in [4.78, 5) is 27.9. The number of benzene rings is 2. The Kier molecular flexibility index (Phi) is 6.70. The molecule has 6 nitrogen and oxygen atoms in total. The predicted octanol–water partition coefficient (Wildman–Crippen LogP) is 5.23. The van der Waals surface area contributed by atoms with Gasteiger partial charge in [0.1, 0.15) is 11.9 Å². The van der Waals surface area contributed by atoms with Gasteiger partial charge in [0.15, 0.2) is 5.76 Å². The fraction of sp³-hybridized carbons (Fsp3) is 0.310. The van der Waals surface area contributed by atoms with Crippen molar-refractivity contribution in [2.45, 2.75) is 57.8 Å². The molecule has 1 saturated carbocycles.